The van der Waals surface area contributed by atoms with Crippen LogP contribution >= 0.6 is 34.8 Å². The summed E-state index contributed by atoms with van der Waals surface area (Å²) in [5.41, 5.74) is 2.46. The van der Waals surface area contributed by atoms with Crippen LogP contribution in [0.4, 0.5) is 5.69 Å². The summed E-state index contributed by atoms with van der Waals surface area (Å²) in [5, 5.41) is 14.5. The fraction of sp³-hybridized carbons (Fsp3) is 0.200. The lowest BCUT2D eigenvalue weighted by Gasteiger charge is -2.19. The molecule has 0 aliphatic rings. The maximum Gasteiger partial charge on any atom is 0.120 e. The first-order valence-corrected chi connectivity index (χ1v) is 7.22. The molecular weight excluding hydrogens is 317 g/mol. The fourth-order valence-electron chi connectivity index (χ4n) is 2.00. The summed E-state index contributed by atoms with van der Waals surface area (Å²) < 4.78 is 0. The molecule has 2 aromatic carbocycles. The molecule has 0 aromatic heterocycles. The van der Waals surface area contributed by atoms with Gasteiger partial charge in [-0.05, 0) is 32.0 Å². The van der Waals surface area contributed by atoms with Crippen molar-refractivity contribution in [2.45, 2.75) is 19.9 Å². The van der Waals surface area contributed by atoms with Gasteiger partial charge in [0.25, 0.3) is 0 Å². The lowest BCUT2D eigenvalue weighted by Crippen LogP contribution is -2.08. The topological polar surface area (TPSA) is 32.3 Å². The van der Waals surface area contributed by atoms with E-state index in [1.165, 1.54) is 0 Å². The first kappa shape index (κ1) is 15.3. The number of hydrogen-bond acceptors (Lipinski definition) is 2. The van der Waals surface area contributed by atoms with Crippen LogP contribution in [0.25, 0.3) is 0 Å². The minimum absolute atomic E-state index is 0.147. The number of aromatic hydroxyl groups is 1. The average Bonchev–Trinajstić information content (AvgIpc) is 2.36. The summed E-state index contributed by atoms with van der Waals surface area (Å²) in [6.45, 7) is 3.90. The van der Waals surface area contributed by atoms with E-state index >= 15 is 0 Å². The van der Waals surface area contributed by atoms with Crippen LogP contribution in [-0.4, -0.2) is 5.11 Å². The van der Waals surface area contributed by atoms with Crippen LogP contribution in [0.3, 0.4) is 0 Å². The van der Waals surface area contributed by atoms with Gasteiger partial charge in [0.2, 0.25) is 0 Å². The molecule has 0 amide bonds. The second-order valence-corrected chi connectivity index (χ2v) is 5.92. The van der Waals surface area contributed by atoms with Crippen molar-refractivity contribution in [3.8, 4) is 5.75 Å². The number of halogens is 3. The van der Waals surface area contributed by atoms with Crippen molar-refractivity contribution in [2.75, 3.05) is 5.32 Å². The zero-order chi connectivity index (χ0) is 14.9. The van der Waals surface area contributed by atoms with E-state index in [-0.39, 0.29) is 11.8 Å². The number of nitrogens with one attached hydrogen (secondary N) is 1. The number of aryl methyl sites for hydroxylation is 1. The van der Waals surface area contributed by atoms with Crippen LogP contribution in [0.5, 0.6) is 5.75 Å². The first-order chi connectivity index (χ1) is 9.38. The zero-order valence-electron chi connectivity index (χ0n) is 11.0. The summed E-state index contributed by atoms with van der Waals surface area (Å²) in [7, 11) is 0. The number of rotatable bonds is 3. The third-order valence-corrected chi connectivity index (χ3v) is 3.83. The molecule has 0 radical (unpaired) electrons. The van der Waals surface area contributed by atoms with Gasteiger partial charge in [0.15, 0.2) is 0 Å². The molecule has 20 heavy (non-hydrogen) atoms. The van der Waals surface area contributed by atoms with Gasteiger partial charge in [-0.1, -0.05) is 52.5 Å². The molecule has 0 fully saturated rings. The van der Waals surface area contributed by atoms with E-state index in [2.05, 4.69) is 5.32 Å². The SMILES string of the molecule is Cc1ccc(O)c(C(C)Nc2c(Cl)cc(Cl)cc2Cl)c1. The number of phenols is 1. The standard InChI is InChI=1S/C15H14Cl3NO/c1-8-3-4-14(20)11(5-8)9(2)19-15-12(17)6-10(16)7-13(15)18/h3-7,9,19-20H,1-2H3. The maximum atomic E-state index is 9.94. The quantitative estimate of drug-likeness (QED) is 0.741. The van der Waals surface area contributed by atoms with Crippen molar-refractivity contribution in [1.82, 2.24) is 0 Å². The molecule has 2 aromatic rings. The molecule has 2 rings (SSSR count). The molecule has 0 heterocycles. The second kappa shape index (κ2) is 6.13. The second-order valence-electron chi connectivity index (χ2n) is 4.67. The van der Waals surface area contributed by atoms with Gasteiger partial charge in [0.1, 0.15) is 5.75 Å². The minimum Gasteiger partial charge on any atom is -0.508 e. The summed E-state index contributed by atoms with van der Waals surface area (Å²) >= 11 is 18.2. The highest BCUT2D eigenvalue weighted by Crippen LogP contribution is 2.37. The Morgan fingerprint density at radius 3 is 2.25 bits per heavy atom. The van der Waals surface area contributed by atoms with Crippen molar-refractivity contribution in [3.63, 3.8) is 0 Å². The van der Waals surface area contributed by atoms with Gasteiger partial charge >= 0.3 is 0 Å². The van der Waals surface area contributed by atoms with Gasteiger partial charge in [0, 0.05) is 10.6 Å². The predicted octanol–water partition coefficient (Wildman–Crippen LogP) is 5.83. The molecule has 0 aliphatic carbocycles. The Balaban J connectivity index is 2.32. The van der Waals surface area contributed by atoms with Crippen LogP contribution in [0.15, 0.2) is 30.3 Å². The lowest BCUT2D eigenvalue weighted by atomic mass is 10.0. The van der Waals surface area contributed by atoms with Gasteiger partial charge in [-0.3, -0.25) is 0 Å². The zero-order valence-corrected chi connectivity index (χ0v) is 13.3. The summed E-state index contributed by atoms with van der Waals surface area (Å²) in [6, 6.07) is 8.55. The highest BCUT2D eigenvalue weighted by Gasteiger charge is 2.14. The van der Waals surface area contributed by atoms with E-state index in [1.807, 2.05) is 26.0 Å². The lowest BCUT2D eigenvalue weighted by molar-refractivity contribution is 0.465. The number of hydrogen-bond donors (Lipinski definition) is 2. The monoisotopic (exact) mass is 329 g/mol. The average molecular weight is 331 g/mol. The van der Waals surface area contributed by atoms with E-state index in [1.54, 1.807) is 18.2 Å². The molecule has 5 heteroatoms. The van der Waals surface area contributed by atoms with E-state index in [0.717, 1.165) is 11.1 Å². The predicted molar refractivity (Wildman–Crippen MR) is 86.4 cm³/mol. The highest BCUT2D eigenvalue weighted by atomic mass is 35.5. The van der Waals surface area contributed by atoms with E-state index < -0.39 is 0 Å². The largest absolute Gasteiger partial charge is 0.508 e. The van der Waals surface area contributed by atoms with Crippen molar-refractivity contribution in [2.24, 2.45) is 0 Å². The molecule has 0 aliphatic heterocycles. The van der Waals surface area contributed by atoms with Gasteiger partial charge < -0.3 is 10.4 Å². The molecule has 2 nitrogen and oxygen atoms in total. The number of anilines is 1. The van der Waals surface area contributed by atoms with E-state index in [9.17, 15) is 5.11 Å². The molecule has 0 saturated carbocycles. The smallest absolute Gasteiger partial charge is 0.120 e. The number of benzene rings is 2. The summed E-state index contributed by atoms with van der Waals surface area (Å²) in [5.74, 6) is 0.233. The van der Waals surface area contributed by atoms with Crippen LogP contribution in [0, 0.1) is 6.92 Å². The van der Waals surface area contributed by atoms with Crippen molar-refractivity contribution in [3.05, 3.63) is 56.5 Å². The Hall–Kier alpha value is -1.09. The number of phenolic OH excluding ortho intramolecular Hbond substituents is 1. The molecule has 2 N–H and O–H groups in total. The van der Waals surface area contributed by atoms with Crippen LogP contribution in [0.2, 0.25) is 15.1 Å². The molecule has 0 saturated heterocycles. The third-order valence-electron chi connectivity index (χ3n) is 3.02. The van der Waals surface area contributed by atoms with Crippen LogP contribution in [0.1, 0.15) is 24.1 Å². The fourth-order valence-corrected chi connectivity index (χ4v) is 2.92. The Morgan fingerprint density at radius 1 is 1.05 bits per heavy atom. The normalized spacial score (nSPS) is 12.2. The van der Waals surface area contributed by atoms with Crippen molar-refractivity contribution >= 4 is 40.5 Å². The molecular formula is C15H14Cl3NO. The summed E-state index contributed by atoms with van der Waals surface area (Å²) in [6.07, 6.45) is 0. The summed E-state index contributed by atoms with van der Waals surface area (Å²) in [4.78, 5) is 0. The van der Waals surface area contributed by atoms with Gasteiger partial charge in [-0.15, -0.1) is 0 Å². The minimum atomic E-state index is -0.147. The van der Waals surface area contributed by atoms with Gasteiger partial charge in [-0.2, -0.15) is 0 Å². The Bertz CT molecular complexity index is 620. The maximum absolute atomic E-state index is 9.94. The van der Waals surface area contributed by atoms with Crippen LogP contribution < -0.4 is 5.32 Å². The Morgan fingerprint density at radius 2 is 1.65 bits per heavy atom. The molecule has 0 bridgehead atoms. The van der Waals surface area contributed by atoms with Crippen molar-refractivity contribution in [1.29, 1.82) is 0 Å². The van der Waals surface area contributed by atoms with Crippen LogP contribution in [-0.2, 0) is 0 Å². The molecule has 106 valence electrons. The van der Waals surface area contributed by atoms with Crippen molar-refractivity contribution < 1.29 is 5.11 Å². The van der Waals surface area contributed by atoms with Gasteiger partial charge in [0.05, 0.1) is 21.8 Å². The van der Waals surface area contributed by atoms with Gasteiger partial charge in [-0.25, -0.2) is 0 Å². The molecule has 1 atom stereocenters. The van der Waals surface area contributed by atoms with E-state index in [4.69, 9.17) is 34.8 Å². The third kappa shape index (κ3) is 3.32. The highest BCUT2D eigenvalue weighted by molar-refractivity contribution is 6.41. The molecule has 0 spiro atoms. The van der Waals surface area contributed by atoms with E-state index in [0.29, 0.717) is 20.8 Å². The Labute approximate surface area is 133 Å². The Kier molecular flexibility index (Phi) is 4.69. The molecule has 1 unspecified atom stereocenters. The first-order valence-electron chi connectivity index (χ1n) is 6.09.